The minimum atomic E-state index is -0.786. The molecule has 2 aliphatic heterocycles. The lowest BCUT2D eigenvalue weighted by Gasteiger charge is -2.37. The molecule has 1 N–H and O–H groups in total. The Morgan fingerprint density at radius 3 is 2.78 bits per heavy atom. The summed E-state index contributed by atoms with van der Waals surface area (Å²) < 4.78 is 11.2. The fourth-order valence-corrected chi connectivity index (χ4v) is 2.67. The van der Waals surface area contributed by atoms with Crippen molar-refractivity contribution < 1.29 is 19.4 Å². The number of carbonyl (C=O) groups excluding carboxylic acids is 1. The summed E-state index contributed by atoms with van der Waals surface area (Å²) in [5.41, 5.74) is 0.928. The number of benzene rings is 1. The maximum Gasteiger partial charge on any atom is 0.306 e. The van der Waals surface area contributed by atoms with Crippen molar-refractivity contribution >= 4 is 5.97 Å². The van der Waals surface area contributed by atoms with Gasteiger partial charge in [0.2, 0.25) is 0 Å². The zero-order chi connectivity index (χ0) is 12.5. The van der Waals surface area contributed by atoms with Crippen LogP contribution in [0.2, 0.25) is 0 Å². The Kier molecular flexibility index (Phi) is 3.06. The summed E-state index contributed by atoms with van der Waals surface area (Å²) in [7, 11) is 0. The van der Waals surface area contributed by atoms with E-state index < -0.39 is 18.3 Å². The predicted octanol–water partition coefficient (Wildman–Crippen LogP) is 1.58. The van der Waals surface area contributed by atoms with Gasteiger partial charge in [0.1, 0.15) is 18.3 Å². The van der Waals surface area contributed by atoms with E-state index in [0.29, 0.717) is 19.3 Å². The molecule has 1 aromatic carbocycles. The molecule has 4 nitrogen and oxygen atoms in total. The lowest BCUT2D eigenvalue weighted by molar-refractivity contribution is -0.184. The van der Waals surface area contributed by atoms with E-state index in [1.165, 1.54) is 0 Å². The maximum absolute atomic E-state index is 11.4. The molecular weight excluding hydrogens is 232 g/mol. The van der Waals surface area contributed by atoms with Crippen molar-refractivity contribution in [2.45, 2.75) is 43.7 Å². The normalized spacial score (nSPS) is 35.7. The third-order valence-electron chi connectivity index (χ3n) is 3.61. The molecule has 4 heteroatoms. The van der Waals surface area contributed by atoms with Gasteiger partial charge in [-0.2, -0.15) is 0 Å². The fourth-order valence-electron chi connectivity index (χ4n) is 2.67. The van der Waals surface area contributed by atoms with Gasteiger partial charge in [-0.1, -0.05) is 30.3 Å². The topological polar surface area (TPSA) is 55.8 Å². The van der Waals surface area contributed by atoms with Crippen LogP contribution in [-0.4, -0.2) is 29.4 Å². The number of ether oxygens (including phenoxy) is 2. The minimum absolute atomic E-state index is 0.00458. The summed E-state index contributed by atoms with van der Waals surface area (Å²) in [5.74, 6) is -0.237. The largest absolute Gasteiger partial charge is 0.459 e. The smallest absolute Gasteiger partial charge is 0.306 e. The number of aliphatic hydroxyl groups excluding tert-OH is 1. The average Bonchev–Trinajstić information content (AvgIpc) is 2.55. The molecule has 2 aliphatic rings. The summed E-state index contributed by atoms with van der Waals surface area (Å²) >= 11 is 0. The molecule has 2 bridgehead atoms. The molecule has 2 heterocycles. The quantitative estimate of drug-likeness (QED) is 0.767. The van der Waals surface area contributed by atoms with Gasteiger partial charge in [-0.15, -0.1) is 0 Å². The molecule has 0 saturated carbocycles. The first-order valence-electron chi connectivity index (χ1n) is 6.32. The molecule has 2 saturated heterocycles. The van der Waals surface area contributed by atoms with Gasteiger partial charge in [0.25, 0.3) is 0 Å². The van der Waals surface area contributed by atoms with Crippen LogP contribution in [0.1, 0.15) is 30.9 Å². The molecule has 4 unspecified atom stereocenters. The molecule has 0 aromatic heterocycles. The summed E-state index contributed by atoms with van der Waals surface area (Å²) in [6.07, 6.45) is 0.00220. The highest BCUT2D eigenvalue weighted by Gasteiger charge is 2.42. The molecule has 2 fully saturated rings. The highest BCUT2D eigenvalue weighted by molar-refractivity contribution is 5.70. The van der Waals surface area contributed by atoms with Crippen molar-refractivity contribution in [2.75, 3.05) is 0 Å². The number of esters is 1. The third-order valence-corrected chi connectivity index (χ3v) is 3.61. The van der Waals surface area contributed by atoms with Crippen molar-refractivity contribution in [1.29, 1.82) is 0 Å². The Balaban J connectivity index is 1.86. The van der Waals surface area contributed by atoms with Crippen molar-refractivity contribution in [3.8, 4) is 0 Å². The summed E-state index contributed by atoms with van der Waals surface area (Å²) in [5, 5.41) is 10.3. The molecule has 0 radical (unpaired) electrons. The SMILES string of the molecule is O=C1CCC2CC(O1)C(O)C(c1ccccc1)O2. The van der Waals surface area contributed by atoms with E-state index in [1.54, 1.807) is 0 Å². The highest BCUT2D eigenvalue weighted by Crippen LogP contribution is 2.36. The van der Waals surface area contributed by atoms with Gasteiger partial charge in [0.15, 0.2) is 0 Å². The molecular formula is C14H16O4. The van der Waals surface area contributed by atoms with E-state index in [1.807, 2.05) is 30.3 Å². The Morgan fingerprint density at radius 2 is 2.00 bits per heavy atom. The summed E-state index contributed by atoms with van der Waals surface area (Å²) in [6, 6.07) is 9.59. The highest BCUT2D eigenvalue weighted by atomic mass is 16.6. The van der Waals surface area contributed by atoms with E-state index in [2.05, 4.69) is 0 Å². The van der Waals surface area contributed by atoms with Crippen LogP contribution >= 0.6 is 0 Å². The minimum Gasteiger partial charge on any atom is -0.459 e. The lowest BCUT2D eigenvalue weighted by Crippen LogP contribution is -2.43. The van der Waals surface area contributed by atoms with Crippen molar-refractivity contribution in [1.82, 2.24) is 0 Å². The summed E-state index contributed by atoms with van der Waals surface area (Å²) in [6.45, 7) is 0. The lowest BCUT2D eigenvalue weighted by atomic mass is 9.92. The number of hydrogen-bond acceptors (Lipinski definition) is 4. The second kappa shape index (κ2) is 4.71. The first-order valence-corrected chi connectivity index (χ1v) is 6.32. The fraction of sp³-hybridized carbons (Fsp3) is 0.500. The molecule has 0 aliphatic carbocycles. The number of rotatable bonds is 1. The van der Waals surface area contributed by atoms with Gasteiger partial charge in [0.05, 0.1) is 6.10 Å². The molecule has 0 amide bonds. The van der Waals surface area contributed by atoms with Gasteiger partial charge in [-0.05, 0) is 12.0 Å². The van der Waals surface area contributed by atoms with Crippen LogP contribution in [0.5, 0.6) is 0 Å². The molecule has 1 aromatic rings. The van der Waals surface area contributed by atoms with Gasteiger partial charge in [-0.25, -0.2) is 0 Å². The predicted molar refractivity (Wildman–Crippen MR) is 63.8 cm³/mol. The van der Waals surface area contributed by atoms with Gasteiger partial charge >= 0.3 is 5.97 Å². The Bertz CT molecular complexity index is 431. The molecule has 3 rings (SSSR count). The van der Waals surface area contributed by atoms with Crippen LogP contribution in [-0.2, 0) is 14.3 Å². The summed E-state index contributed by atoms with van der Waals surface area (Å²) in [4.78, 5) is 11.4. The number of fused-ring (bicyclic) bond motifs is 2. The van der Waals surface area contributed by atoms with Crippen LogP contribution in [0.3, 0.4) is 0 Å². The molecule has 0 spiro atoms. The zero-order valence-electron chi connectivity index (χ0n) is 9.99. The number of hydrogen-bond donors (Lipinski definition) is 1. The Labute approximate surface area is 106 Å². The molecule has 4 atom stereocenters. The average molecular weight is 248 g/mol. The second-order valence-corrected chi connectivity index (χ2v) is 4.88. The maximum atomic E-state index is 11.4. The Hall–Kier alpha value is -1.39. The zero-order valence-corrected chi connectivity index (χ0v) is 9.99. The number of carbonyl (C=O) groups is 1. The van der Waals surface area contributed by atoms with Crippen LogP contribution in [0.25, 0.3) is 0 Å². The van der Waals surface area contributed by atoms with Gasteiger partial charge < -0.3 is 14.6 Å². The number of aliphatic hydroxyl groups is 1. The molecule has 96 valence electrons. The van der Waals surface area contributed by atoms with E-state index in [4.69, 9.17) is 9.47 Å². The van der Waals surface area contributed by atoms with Crippen LogP contribution in [0, 0.1) is 0 Å². The van der Waals surface area contributed by atoms with Crippen molar-refractivity contribution in [2.24, 2.45) is 0 Å². The van der Waals surface area contributed by atoms with E-state index in [-0.39, 0.29) is 12.1 Å². The standard InChI is InChI=1S/C14H16O4/c15-12-7-6-10-8-11(18-12)13(16)14(17-10)9-4-2-1-3-5-9/h1-5,10-11,13-14,16H,6-8H2. The van der Waals surface area contributed by atoms with Crippen LogP contribution in [0.15, 0.2) is 30.3 Å². The first-order chi connectivity index (χ1) is 8.74. The monoisotopic (exact) mass is 248 g/mol. The molecule has 18 heavy (non-hydrogen) atoms. The van der Waals surface area contributed by atoms with E-state index in [9.17, 15) is 9.90 Å². The van der Waals surface area contributed by atoms with E-state index >= 15 is 0 Å². The van der Waals surface area contributed by atoms with Gasteiger partial charge in [0, 0.05) is 12.8 Å². The van der Waals surface area contributed by atoms with E-state index in [0.717, 1.165) is 5.56 Å². The van der Waals surface area contributed by atoms with Gasteiger partial charge in [-0.3, -0.25) is 4.79 Å². The van der Waals surface area contributed by atoms with Crippen LogP contribution < -0.4 is 0 Å². The third kappa shape index (κ3) is 2.13. The van der Waals surface area contributed by atoms with Crippen molar-refractivity contribution in [3.63, 3.8) is 0 Å². The van der Waals surface area contributed by atoms with Crippen molar-refractivity contribution in [3.05, 3.63) is 35.9 Å². The second-order valence-electron chi connectivity index (χ2n) is 4.88. The van der Waals surface area contributed by atoms with Crippen LogP contribution in [0.4, 0.5) is 0 Å². The first kappa shape index (κ1) is 11.7. The Morgan fingerprint density at radius 1 is 1.22 bits per heavy atom.